The second kappa shape index (κ2) is 4.04. The number of thioether (sulfide) groups is 1. The van der Waals surface area contributed by atoms with Crippen molar-refractivity contribution in [1.82, 2.24) is 4.57 Å². The van der Waals surface area contributed by atoms with Gasteiger partial charge in [0, 0.05) is 18.9 Å². The predicted octanol–water partition coefficient (Wildman–Crippen LogP) is 2.63. The van der Waals surface area contributed by atoms with Gasteiger partial charge in [-0.3, -0.25) is 0 Å². The van der Waals surface area contributed by atoms with Gasteiger partial charge < -0.3 is 4.57 Å². The van der Waals surface area contributed by atoms with Crippen LogP contribution in [0.5, 0.6) is 0 Å². The van der Waals surface area contributed by atoms with Crippen LogP contribution in [0.15, 0.2) is 24.5 Å². The Labute approximate surface area is 78.2 Å². The lowest BCUT2D eigenvalue weighted by Gasteiger charge is -2.21. The lowest BCUT2D eigenvalue weighted by atomic mass is 10.0. The quantitative estimate of drug-likeness (QED) is 0.679. The van der Waals surface area contributed by atoms with E-state index in [1.165, 1.54) is 30.9 Å². The minimum absolute atomic E-state index is 0.929. The maximum Gasteiger partial charge on any atom is 0.0248 e. The Balaban J connectivity index is 1.86. The number of nitrogens with zero attached hydrogens (tertiary/aromatic N) is 1. The molecule has 0 radical (unpaired) electrons. The zero-order chi connectivity index (χ0) is 8.23. The van der Waals surface area contributed by atoms with Crippen LogP contribution in [0.1, 0.15) is 12.8 Å². The van der Waals surface area contributed by atoms with Gasteiger partial charge in [-0.15, -0.1) is 0 Å². The van der Waals surface area contributed by atoms with Gasteiger partial charge in [-0.25, -0.2) is 0 Å². The Morgan fingerprint density at radius 2 is 1.83 bits per heavy atom. The fraction of sp³-hybridized carbons (Fsp3) is 0.600. The summed E-state index contributed by atoms with van der Waals surface area (Å²) in [5, 5.41) is 0. The molecule has 0 atom stereocenters. The second-order valence-electron chi connectivity index (χ2n) is 3.44. The molecule has 66 valence electrons. The molecule has 1 aromatic rings. The molecule has 1 fully saturated rings. The molecule has 1 aliphatic heterocycles. The topological polar surface area (TPSA) is 4.93 Å². The molecule has 1 saturated heterocycles. The van der Waals surface area contributed by atoms with Crippen molar-refractivity contribution in [2.24, 2.45) is 5.92 Å². The highest BCUT2D eigenvalue weighted by Gasteiger charge is 2.13. The van der Waals surface area contributed by atoms with Crippen molar-refractivity contribution in [2.75, 3.05) is 11.5 Å². The number of aromatic nitrogens is 1. The maximum atomic E-state index is 2.31. The number of rotatable bonds is 2. The van der Waals surface area contributed by atoms with E-state index in [1.807, 2.05) is 0 Å². The molecule has 12 heavy (non-hydrogen) atoms. The summed E-state index contributed by atoms with van der Waals surface area (Å²) in [5.74, 6) is 3.66. The van der Waals surface area contributed by atoms with Gasteiger partial charge in [0.05, 0.1) is 0 Å². The Hall–Kier alpha value is -0.370. The minimum Gasteiger partial charge on any atom is -0.354 e. The summed E-state index contributed by atoms with van der Waals surface area (Å²) in [5.41, 5.74) is 0. The van der Waals surface area contributed by atoms with E-state index in [0.717, 1.165) is 5.92 Å². The molecular weight excluding hydrogens is 166 g/mol. The summed E-state index contributed by atoms with van der Waals surface area (Å²) in [6.45, 7) is 1.23. The van der Waals surface area contributed by atoms with Crippen LogP contribution >= 0.6 is 11.8 Å². The largest absolute Gasteiger partial charge is 0.354 e. The monoisotopic (exact) mass is 181 g/mol. The first-order chi connectivity index (χ1) is 5.95. The van der Waals surface area contributed by atoms with Gasteiger partial charge in [-0.2, -0.15) is 11.8 Å². The van der Waals surface area contributed by atoms with Gasteiger partial charge in [0.1, 0.15) is 0 Å². The molecular formula is C10H15NS. The van der Waals surface area contributed by atoms with E-state index in [2.05, 4.69) is 40.9 Å². The van der Waals surface area contributed by atoms with Crippen LogP contribution in [-0.2, 0) is 6.54 Å². The van der Waals surface area contributed by atoms with Crippen molar-refractivity contribution in [1.29, 1.82) is 0 Å². The summed E-state index contributed by atoms with van der Waals surface area (Å²) in [6.07, 6.45) is 7.15. The van der Waals surface area contributed by atoms with E-state index in [9.17, 15) is 0 Å². The third kappa shape index (κ3) is 2.07. The first kappa shape index (κ1) is 8.24. The van der Waals surface area contributed by atoms with Crippen molar-refractivity contribution < 1.29 is 0 Å². The molecule has 0 N–H and O–H groups in total. The van der Waals surface area contributed by atoms with E-state index in [4.69, 9.17) is 0 Å². The third-order valence-electron chi connectivity index (χ3n) is 2.48. The van der Waals surface area contributed by atoms with Crippen LogP contribution in [0.2, 0.25) is 0 Å². The van der Waals surface area contributed by atoms with Crippen LogP contribution in [-0.4, -0.2) is 16.1 Å². The van der Waals surface area contributed by atoms with E-state index in [1.54, 1.807) is 0 Å². The van der Waals surface area contributed by atoms with Crippen LogP contribution in [0.3, 0.4) is 0 Å². The zero-order valence-electron chi connectivity index (χ0n) is 7.28. The minimum atomic E-state index is 0.929. The number of hydrogen-bond donors (Lipinski definition) is 0. The molecule has 1 aromatic heterocycles. The summed E-state index contributed by atoms with van der Waals surface area (Å²) in [6, 6.07) is 4.22. The Kier molecular flexibility index (Phi) is 2.77. The van der Waals surface area contributed by atoms with Gasteiger partial charge in [-0.1, -0.05) is 0 Å². The summed E-state index contributed by atoms with van der Waals surface area (Å²) < 4.78 is 2.31. The lowest BCUT2D eigenvalue weighted by molar-refractivity contribution is 0.417. The van der Waals surface area contributed by atoms with Gasteiger partial charge in [-0.05, 0) is 42.4 Å². The fourth-order valence-electron chi connectivity index (χ4n) is 1.72. The second-order valence-corrected chi connectivity index (χ2v) is 4.66. The highest BCUT2D eigenvalue weighted by molar-refractivity contribution is 7.99. The first-order valence-electron chi connectivity index (χ1n) is 4.63. The van der Waals surface area contributed by atoms with Crippen molar-refractivity contribution in [3.63, 3.8) is 0 Å². The van der Waals surface area contributed by atoms with Crippen molar-refractivity contribution in [3.8, 4) is 0 Å². The molecule has 0 aliphatic carbocycles. The van der Waals surface area contributed by atoms with Crippen LogP contribution < -0.4 is 0 Å². The van der Waals surface area contributed by atoms with Crippen LogP contribution in [0.4, 0.5) is 0 Å². The van der Waals surface area contributed by atoms with E-state index in [0.29, 0.717) is 0 Å². The predicted molar refractivity (Wildman–Crippen MR) is 54.5 cm³/mol. The van der Waals surface area contributed by atoms with Crippen LogP contribution in [0.25, 0.3) is 0 Å². The molecule has 0 bridgehead atoms. The Morgan fingerprint density at radius 3 is 2.50 bits per heavy atom. The SMILES string of the molecule is c1ccn(CC2CCSCC2)c1. The first-order valence-corrected chi connectivity index (χ1v) is 5.79. The lowest BCUT2D eigenvalue weighted by Crippen LogP contribution is -2.15. The highest BCUT2D eigenvalue weighted by atomic mass is 32.2. The van der Waals surface area contributed by atoms with Gasteiger partial charge in [0.25, 0.3) is 0 Å². The standard InChI is InChI=1S/C10H15NS/c1-2-6-11(5-1)9-10-3-7-12-8-4-10/h1-2,5-6,10H,3-4,7-9H2. The molecule has 0 amide bonds. The molecule has 0 saturated carbocycles. The summed E-state index contributed by atoms with van der Waals surface area (Å²) in [7, 11) is 0. The van der Waals surface area contributed by atoms with Crippen molar-refractivity contribution in [2.45, 2.75) is 19.4 Å². The summed E-state index contributed by atoms with van der Waals surface area (Å²) >= 11 is 2.10. The molecule has 1 aliphatic rings. The van der Waals surface area contributed by atoms with E-state index in [-0.39, 0.29) is 0 Å². The molecule has 1 nitrogen and oxygen atoms in total. The Morgan fingerprint density at radius 1 is 1.17 bits per heavy atom. The fourth-order valence-corrected chi connectivity index (χ4v) is 2.92. The van der Waals surface area contributed by atoms with Gasteiger partial charge in [0.2, 0.25) is 0 Å². The zero-order valence-corrected chi connectivity index (χ0v) is 8.09. The van der Waals surface area contributed by atoms with Gasteiger partial charge >= 0.3 is 0 Å². The molecule has 2 heteroatoms. The average Bonchev–Trinajstić information content (AvgIpc) is 2.59. The number of hydrogen-bond acceptors (Lipinski definition) is 1. The molecule has 2 heterocycles. The third-order valence-corrected chi connectivity index (χ3v) is 3.52. The van der Waals surface area contributed by atoms with Gasteiger partial charge in [0.15, 0.2) is 0 Å². The van der Waals surface area contributed by atoms with Crippen LogP contribution in [0, 0.1) is 5.92 Å². The van der Waals surface area contributed by atoms with Crippen molar-refractivity contribution in [3.05, 3.63) is 24.5 Å². The highest BCUT2D eigenvalue weighted by Crippen LogP contribution is 2.23. The van der Waals surface area contributed by atoms with E-state index >= 15 is 0 Å². The molecule has 2 rings (SSSR count). The van der Waals surface area contributed by atoms with E-state index < -0.39 is 0 Å². The maximum absolute atomic E-state index is 2.31. The average molecular weight is 181 g/mol. The molecule has 0 aromatic carbocycles. The Bertz CT molecular complexity index is 212. The smallest absolute Gasteiger partial charge is 0.0248 e. The molecule has 0 unspecified atom stereocenters. The van der Waals surface area contributed by atoms with Crippen molar-refractivity contribution >= 4 is 11.8 Å². The molecule has 0 spiro atoms. The normalized spacial score (nSPS) is 19.7. The summed E-state index contributed by atoms with van der Waals surface area (Å²) in [4.78, 5) is 0.